The molecule has 0 aliphatic carbocycles. The van der Waals surface area contributed by atoms with Crippen molar-refractivity contribution in [2.24, 2.45) is 7.05 Å². The minimum atomic E-state index is -3.71. The first kappa shape index (κ1) is 13.9. The molecular formula is C9H18N4O3S. The SMILES string of the molecule is CC(C)N(CCO)S(=O)(=O)c1cn(C)nc1N. The van der Waals surface area contributed by atoms with Crippen molar-refractivity contribution in [2.75, 3.05) is 18.9 Å². The standard InChI is InChI=1S/C9H18N4O3S/c1-7(2)13(4-5-14)17(15,16)8-6-12(3)11-9(8)10/h6-7,14H,4-5H2,1-3H3,(H2,10,11). The molecule has 0 saturated heterocycles. The zero-order valence-corrected chi connectivity index (χ0v) is 11.0. The van der Waals surface area contributed by atoms with E-state index >= 15 is 0 Å². The molecule has 0 bridgehead atoms. The molecule has 0 aliphatic rings. The molecule has 7 nitrogen and oxygen atoms in total. The zero-order valence-electron chi connectivity index (χ0n) is 10.2. The van der Waals surface area contributed by atoms with Gasteiger partial charge in [-0.05, 0) is 13.8 Å². The number of anilines is 1. The number of hydrogen-bond donors (Lipinski definition) is 2. The van der Waals surface area contributed by atoms with Crippen molar-refractivity contribution >= 4 is 15.8 Å². The molecular weight excluding hydrogens is 244 g/mol. The van der Waals surface area contributed by atoms with E-state index in [0.29, 0.717) is 0 Å². The molecule has 17 heavy (non-hydrogen) atoms. The largest absolute Gasteiger partial charge is 0.395 e. The lowest BCUT2D eigenvalue weighted by Crippen LogP contribution is -2.39. The quantitative estimate of drug-likeness (QED) is 0.737. The van der Waals surface area contributed by atoms with Crippen LogP contribution >= 0.6 is 0 Å². The Morgan fingerprint density at radius 2 is 2.18 bits per heavy atom. The fourth-order valence-corrected chi connectivity index (χ4v) is 3.28. The Bertz CT molecular complexity index is 480. The lowest BCUT2D eigenvalue weighted by atomic mass is 10.4. The molecule has 0 atom stereocenters. The smallest absolute Gasteiger partial charge is 0.248 e. The fraction of sp³-hybridized carbons (Fsp3) is 0.667. The summed E-state index contributed by atoms with van der Waals surface area (Å²) in [7, 11) is -2.11. The number of nitrogens with two attached hydrogens (primary N) is 1. The first-order valence-electron chi connectivity index (χ1n) is 5.22. The summed E-state index contributed by atoms with van der Waals surface area (Å²) < 4.78 is 27.1. The number of hydrogen-bond acceptors (Lipinski definition) is 5. The lowest BCUT2D eigenvalue weighted by molar-refractivity contribution is 0.236. The minimum Gasteiger partial charge on any atom is -0.395 e. The van der Waals surface area contributed by atoms with E-state index in [-0.39, 0.29) is 29.9 Å². The van der Waals surface area contributed by atoms with Gasteiger partial charge in [0.1, 0.15) is 4.90 Å². The van der Waals surface area contributed by atoms with Crippen LogP contribution in [0.1, 0.15) is 13.8 Å². The molecule has 0 fully saturated rings. The second-order valence-corrected chi connectivity index (χ2v) is 5.84. The second kappa shape index (κ2) is 5.03. The molecule has 0 saturated carbocycles. The Morgan fingerprint density at radius 3 is 2.53 bits per heavy atom. The number of aliphatic hydroxyl groups excluding tert-OH is 1. The van der Waals surface area contributed by atoms with Crippen molar-refractivity contribution < 1.29 is 13.5 Å². The average molecular weight is 262 g/mol. The summed E-state index contributed by atoms with van der Waals surface area (Å²) in [5.74, 6) is -0.0314. The first-order valence-corrected chi connectivity index (χ1v) is 6.66. The molecule has 0 spiro atoms. The van der Waals surface area contributed by atoms with E-state index < -0.39 is 10.0 Å². The third-order valence-corrected chi connectivity index (χ3v) is 4.40. The summed E-state index contributed by atoms with van der Waals surface area (Å²) in [4.78, 5) is -0.0258. The van der Waals surface area contributed by atoms with Crippen LogP contribution in [0.2, 0.25) is 0 Å². The average Bonchev–Trinajstić information content (AvgIpc) is 2.54. The molecule has 1 rings (SSSR count). The van der Waals surface area contributed by atoms with Gasteiger partial charge >= 0.3 is 0 Å². The zero-order chi connectivity index (χ0) is 13.2. The Labute approximate surface area is 101 Å². The van der Waals surface area contributed by atoms with E-state index in [2.05, 4.69) is 5.10 Å². The van der Waals surface area contributed by atoms with Crippen molar-refractivity contribution in [3.8, 4) is 0 Å². The number of rotatable bonds is 5. The van der Waals surface area contributed by atoms with Crippen molar-refractivity contribution in [1.29, 1.82) is 0 Å². The van der Waals surface area contributed by atoms with Crippen molar-refractivity contribution in [2.45, 2.75) is 24.8 Å². The van der Waals surface area contributed by atoms with Crippen LogP contribution < -0.4 is 5.73 Å². The molecule has 1 aromatic heterocycles. The number of nitrogens with zero attached hydrogens (tertiary/aromatic N) is 3. The highest BCUT2D eigenvalue weighted by molar-refractivity contribution is 7.89. The highest BCUT2D eigenvalue weighted by Crippen LogP contribution is 2.22. The summed E-state index contributed by atoms with van der Waals surface area (Å²) in [5, 5.41) is 12.7. The summed E-state index contributed by atoms with van der Waals surface area (Å²) in [5.41, 5.74) is 5.56. The van der Waals surface area contributed by atoms with Crippen LogP contribution in [-0.2, 0) is 17.1 Å². The first-order chi connectivity index (χ1) is 7.80. The molecule has 0 aromatic carbocycles. The predicted octanol–water partition coefficient (Wildman–Crippen LogP) is -0.606. The van der Waals surface area contributed by atoms with Gasteiger partial charge < -0.3 is 10.8 Å². The van der Waals surface area contributed by atoms with Crippen LogP contribution in [0, 0.1) is 0 Å². The third-order valence-electron chi connectivity index (χ3n) is 2.31. The van der Waals surface area contributed by atoms with Gasteiger partial charge in [0.25, 0.3) is 0 Å². The number of sulfonamides is 1. The fourth-order valence-electron chi connectivity index (χ4n) is 1.56. The molecule has 0 aliphatic heterocycles. The maximum absolute atomic E-state index is 12.3. The van der Waals surface area contributed by atoms with E-state index in [1.807, 2.05) is 0 Å². The van der Waals surface area contributed by atoms with Crippen LogP contribution in [0.25, 0.3) is 0 Å². The van der Waals surface area contributed by atoms with Crippen LogP contribution in [0.4, 0.5) is 5.82 Å². The molecule has 8 heteroatoms. The van der Waals surface area contributed by atoms with Crippen LogP contribution in [-0.4, -0.2) is 46.8 Å². The Morgan fingerprint density at radius 1 is 1.59 bits per heavy atom. The van der Waals surface area contributed by atoms with E-state index in [9.17, 15) is 8.42 Å². The monoisotopic (exact) mass is 262 g/mol. The summed E-state index contributed by atoms with van der Waals surface area (Å²) in [6.45, 7) is 3.27. The number of nitrogen functional groups attached to an aromatic ring is 1. The maximum atomic E-state index is 12.3. The van der Waals surface area contributed by atoms with Gasteiger partial charge in [0.2, 0.25) is 10.0 Å². The van der Waals surface area contributed by atoms with Gasteiger partial charge in [0.05, 0.1) is 6.61 Å². The van der Waals surface area contributed by atoms with Crippen molar-refractivity contribution in [1.82, 2.24) is 14.1 Å². The Kier molecular flexibility index (Phi) is 4.12. The molecule has 1 aromatic rings. The summed E-state index contributed by atoms with van der Waals surface area (Å²) >= 11 is 0. The van der Waals surface area contributed by atoms with Gasteiger partial charge in [-0.2, -0.15) is 9.40 Å². The van der Waals surface area contributed by atoms with E-state index in [1.54, 1.807) is 20.9 Å². The molecule has 0 amide bonds. The van der Waals surface area contributed by atoms with Gasteiger partial charge in [-0.25, -0.2) is 8.42 Å². The molecule has 1 heterocycles. The van der Waals surface area contributed by atoms with Crippen molar-refractivity contribution in [3.63, 3.8) is 0 Å². The van der Waals surface area contributed by atoms with Gasteiger partial charge in [0, 0.05) is 25.8 Å². The van der Waals surface area contributed by atoms with Crippen LogP contribution in [0.5, 0.6) is 0 Å². The van der Waals surface area contributed by atoms with E-state index in [4.69, 9.17) is 10.8 Å². The highest BCUT2D eigenvalue weighted by atomic mass is 32.2. The van der Waals surface area contributed by atoms with Gasteiger partial charge in [-0.15, -0.1) is 0 Å². The Balaban J connectivity index is 3.21. The molecule has 0 radical (unpaired) electrons. The van der Waals surface area contributed by atoms with Gasteiger partial charge in [-0.3, -0.25) is 4.68 Å². The summed E-state index contributed by atoms with van der Waals surface area (Å²) in [6, 6.07) is -0.258. The molecule has 98 valence electrons. The lowest BCUT2D eigenvalue weighted by Gasteiger charge is -2.24. The number of aryl methyl sites for hydroxylation is 1. The van der Waals surface area contributed by atoms with Gasteiger partial charge in [-0.1, -0.05) is 0 Å². The maximum Gasteiger partial charge on any atom is 0.248 e. The highest BCUT2D eigenvalue weighted by Gasteiger charge is 2.30. The number of aromatic nitrogens is 2. The van der Waals surface area contributed by atoms with E-state index in [0.717, 1.165) is 0 Å². The third kappa shape index (κ3) is 2.76. The Hall–Kier alpha value is -1.12. The predicted molar refractivity (Wildman–Crippen MR) is 63.7 cm³/mol. The second-order valence-electron chi connectivity index (χ2n) is 3.99. The molecule has 3 N–H and O–H groups in total. The normalized spacial score (nSPS) is 12.6. The summed E-state index contributed by atoms with van der Waals surface area (Å²) in [6.07, 6.45) is 1.36. The van der Waals surface area contributed by atoms with E-state index in [1.165, 1.54) is 15.2 Å². The minimum absolute atomic E-state index is 0.0258. The molecule has 0 unspecified atom stereocenters. The van der Waals surface area contributed by atoms with Gasteiger partial charge in [0.15, 0.2) is 5.82 Å². The van der Waals surface area contributed by atoms with Crippen molar-refractivity contribution in [3.05, 3.63) is 6.20 Å². The number of aliphatic hydroxyl groups is 1. The van der Waals surface area contributed by atoms with Crippen LogP contribution in [0.3, 0.4) is 0 Å². The topological polar surface area (TPSA) is 101 Å². The van der Waals surface area contributed by atoms with Crippen LogP contribution in [0.15, 0.2) is 11.1 Å².